The highest BCUT2D eigenvalue weighted by Crippen LogP contribution is 2.32. The second-order valence-electron chi connectivity index (χ2n) is 6.37. The Balaban J connectivity index is 2.12. The number of benzene rings is 2. The summed E-state index contributed by atoms with van der Waals surface area (Å²) in [5, 5.41) is 17.5. The van der Waals surface area contributed by atoms with Crippen LogP contribution in [0.25, 0.3) is 10.9 Å². The molecule has 0 saturated heterocycles. The minimum atomic E-state index is -3.49. The number of hydrazone groups is 1. The molecule has 0 fully saturated rings. The summed E-state index contributed by atoms with van der Waals surface area (Å²) in [6.07, 6.45) is 0. The molecule has 0 aliphatic heterocycles. The van der Waals surface area contributed by atoms with E-state index in [9.17, 15) is 14.0 Å². The molecule has 0 unspecified atom stereocenters. The van der Waals surface area contributed by atoms with Crippen molar-refractivity contribution in [1.82, 2.24) is 15.2 Å². The highest BCUT2D eigenvalue weighted by Gasteiger charge is 2.39. The maximum atomic E-state index is 14.7. The Bertz CT molecular complexity index is 1110. The first kappa shape index (κ1) is 19.3. The Hall–Kier alpha value is -3.51. The van der Waals surface area contributed by atoms with Crippen LogP contribution in [0.2, 0.25) is 0 Å². The molecular formula is C19H19F2N7. The SMILES string of the molecule is Cc1c(C#N)cccc1Cn1nc(C)c2ccc(C(F)(F)/C(=N/N)NN)cc21. The van der Waals surface area contributed by atoms with Crippen LogP contribution in [0.1, 0.15) is 27.9 Å². The number of aryl methyl sites for hydroxylation is 1. The number of nitriles is 1. The van der Waals surface area contributed by atoms with E-state index in [-0.39, 0.29) is 5.56 Å². The summed E-state index contributed by atoms with van der Waals surface area (Å²) >= 11 is 0. The summed E-state index contributed by atoms with van der Waals surface area (Å²) in [5.74, 6) is 5.81. The standard InChI is InChI=1S/C19H19F2N7/c1-11-13(9-22)4-3-5-14(11)10-28-17-8-15(6-7-16(17)12(2)27-28)19(20,21)18(25-23)26-24/h3-8H,10,23-24H2,1-2H3,(H,25,26). The Morgan fingerprint density at radius 2 is 2.07 bits per heavy atom. The number of amidine groups is 1. The van der Waals surface area contributed by atoms with Gasteiger partial charge in [-0.25, -0.2) is 5.84 Å². The molecule has 3 aromatic rings. The van der Waals surface area contributed by atoms with Crippen molar-refractivity contribution in [3.8, 4) is 6.07 Å². The molecule has 0 bridgehead atoms. The molecule has 0 spiro atoms. The Kier molecular flexibility index (Phi) is 4.98. The van der Waals surface area contributed by atoms with Crippen molar-refractivity contribution >= 4 is 16.7 Å². The van der Waals surface area contributed by atoms with Crippen molar-refractivity contribution < 1.29 is 8.78 Å². The van der Waals surface area contributed by atoms with E-state index >= 15 is 0 Å². The maximum absolute atomic E-state index is 14.7. The van der Waals surface area contributed by atoms with Gasteiger partial charge < -0.3 is 11.3 Å². The lowest BCUT2D eigenvalue weighted by Gasteiger charge is -2.18. The number of nitrogens with two attached hydrogens (primary N) is 2. The predicted molar refractivity (Wildman–Crippen MR) is 102 cm³/mol. The van der Waals surface area contributed by atoms with Crippen molar-refractivity contribution in [2.45, 2.75) is 26.3 Å². The molecule has 1 aromatic heterocycles. The minimum Gasteiger partial charge on any atom is -0.321 e. The van der Waals surface area contributed by atoms with E-state index in [0.29, 0.717) is 23.3 Å². The van der Waals surface area contributed by atoms with Gasteiger partial charge in [0.15, 0.2) is 0 Å². The number of aromatic nitrogens is 2. The second-order valence-corrected chi connectivity index (χ2v) is 6.37. The number of alkyl halides is 2. The minimum absolute atomic E-state index is 0.314. The normalized spacial score (nSPS) is 12.2. The van der Waals surface area contributed by atoms with Gasteiger partial charge in [-0.1, -0.05) is 24.3 Å². The predicted octanol–water partition coefficient (Wildman–Crippen LogP) is 2.40. The third kappa shape index (κ3) is 3.14. The molecular weight excluding hydrogens is 364 g/mol. The van der Waals surface area contributed by atoms with E-state index in [0.717, 1.165) is 16.5 Å². The van der Waals surface area contributed by atoms with Crippen LogP contribution in [0.5, 0.6) is 0 Å². The highest BCUT2D eigenvalue weighted by molar-refractivity contribution is 5.91. The number of hydrazine groups is 1. The molecule has 3 rings (SSSR count). The monoisotopic (exact) mass is 383 g/mol. The van der Waals surface area contributed by atoms with Gasteiger partial charge in [-0.2, -0.15) is 24.2 Å². The van der Waals surface area contributed by atoms with Gasteiger partial charge in [0.05, 0.1) is 29.4 Å². The highest BCUT2D eigenvalue weighted by atomic mass is 19.3. The maximum Gasteiger partial charge on any atom is 0.332 e. The van der Waals surface area contributed by atoms with E-state index in [4.69, 9.17) is 11.7 Å². The number of hydrogen-bond donors (Lipinski definition) is 3. The lowest BCUT2D eigenvalue weighted by Crippen LogP contribution is -2.43. The van der Waals surface area contributed by atoms with Gasteiger partial charge in [-0.05, 0) is 37.1 Å². The van der Waals surface area contributed by atoms with Crippen molar-refractivity contribution in [3.63, 3.8) is 0 Å². The third-order valence-corrected chi connectivity index (χ3v) is 4.75. The molecule has 0 radical (unpaired) electrons. The Morgan fingerprint density at radius 3 is 2.71 bits per heavy atom. The van der Waals surface area contributed by atoms with Crippen molar-refractivity contribution in [3.05, 3.63) is 64.3 Å². The van der Waals surface area contributed by atoms with Crippen molar-refractivity contribution in [2.75, 3.05) is 0 Å². The van der Waals surface area contributed by atoms with Crippen LogP contribution in [0, 0.1) is 25.2 Å². The number of rotatable bonds is 4. The first-order chi connectivity index (χ1) is 13.3. The van der Waals surface area contributed by atoms with Gasteiger partial charge in [0, 0.05) is 10.9 Å². The smallest absolute Gasteiger partial charge is 0.321 e. The summed E-state index contributed by atoms with van der Waals surface area (Å²) in [6, 6.07) is 11.8. The van der Waals surface area contributed by atoms with E-state index in [1.807, 2.05) is 25.3 Å². The van der Waals surface area contributed by atoms with E-state index in [1.165, 1.54) is 12.1 Å². The zero-order chi connectivity index (χ0) is 20.5. The molecule has 28 heavy (non-hydrogen) atoms. The fraction of sp³-hybridized carbons (Fsp3) is 0.211. The van der Waals surface area contributed by atoms with Gasteiger partial charge in [0.25, 0.3) is 0 Å². The summed E-state index contributed by atoms with van der Waals surface area (Å²) < 4.78 is 31.0. The van der Waals surface area contributed by atoms with Crippen molar-refractivity contribution in [1.29, 1.82) is 5.26 Å². The lowest BCUT2D eigenvalue weighted by atomic mass is 10.0. The van der Waals surface area contributed by atoms with E-state index < -0.39 is 11.8 Å². The third-order valence-electron chi connectivity index (χ3n) is 4.75. The molecule has 5 N–H and O–H groups in total. The van der Waals surface area contributed by atoms with Gasteiger partial charge >= 0.3 is 5.92 Å². The molecule has 0 aliphatic rings. The zero-order valence-electron chi connectivity index (χ0n) is 15.4. The molecule has 9 heteroatoms. The first-order valence-electron chi connectivity index (χ1n) is 8.42. The largest absolute Gasteiger partial charge is 0.332 e. The summed E-state index contributed by atoms with van der Waals surface area (Å²) in [4.78, 5) is 0. The molecule has 7 nitrogen and oxygen atoms in total. The van der Waals surface area contributed by atoms with Gasteiger partial charge in [0.1, 0.15) is 0 Å². The summed E-state index contributed by atoms with van der Waals surface area (Å²) in [7, 11) is 0. The molecule has 0 aliphatic carbocycles. The summed E-state index contributed by atoms with van der Waals surface area (Å²) in [6.45, 7) is 4.00. The van der Waals surface area contributed by atoms with Gasteiger partial charge in [0.2, 0.25) is 5.84 Å². The van der Waals surface area contributed by atoms with Crippen LogP contribution in [-0.2, 0) is 12.5 Å². The number of nitrogens with one attached hydrogen (secondary N) is 1. The summed E-state index contributed by atoms with van der Waals surface area (Å²) in [5.41, 5.74) is 5.05. The van der Waals surface area contributed by atoms with Crippen LogP contribution < -0.4 is 17.1 Å². The number of fused-ring (bicyclic) bond motifs is 1. The quantitative estimate of drug-likeness (QED) is 0.277. The molecule has 0 atom stereocenters. The van der Waals surface area contributed by atoms with Gasteiger partial charge in [-0.3, -0.25) is 4.68 Å². The van der Waals surface area contributed by atoms with Crippen LogP contribution in [0.3, 0.4) is 0 Å². The average molecular weight is 383 g/mol. The van der Waals surface area contributed by atoms with Crippen LogP contribution in [0.4, 0.5) is 8.78 Å². The topological polar surface area (TPSA) is 118 Å². The van der Waals surface area contributed by atoms with Crippen LogP contribution in [-0.4, -0.2) is 15.6 Å². The van der Waals surface area contributed by atoms with Crippen LogP contribution >= 0.6 is 0 Å². The van der Waals surface area contributed by atoms with E-state index in [2.05, 4.69) is 16.3 Å². The molecule has 0 saturated carbocycles. The first-order valence-corrected chi connectivity index (χ1v) is 8.42. The number of halogens is 2. The number of hydrogen-bond acceptors (Lipinski definition) is 5. The average Bonchev–Trinajstić information content (AvgIpc) is 2.99. The Morgan fingerprint density at radius 1 is 1.32 bits per heavy atom. The van der Waals surface area contributed by atoms with E-state index in [1.54, 1.807) is 22.9 Å². The molecule has 144 valence electrons. The Labute approximate surface area is 160 Å². The van der Waals surface area contributed by atoms with Gasteiger partial charge in [-0.15, -0.1) is 0 Å². The van der Waals surface area contributed by atoms with Crippen LogP contribution in [0.15, 0.2) is 41.5 Å². The molecule has 2 aromatic carbocycles. The lowest BCUT2D eigenvalue weighted by molar-refractivity contribution is 0.0714. The molecule has 0 amide bonds. The molecule has 1 heterocycles. The second kappa shape index (κ2) is 7.25. The zero-order valence-corrected chi connectivity index (χ0v) is 15.4. The van der Waals surface area contributed by atoms with Crippen molar-refractivity contribution in [2.24, 2.45) is 16.8 Å². The number of nitrogens with zero attached hydrogens (tertiary/aromatic N) is 4. The fourth-order valence-corrected chi connectivity index (χ4v) is 3.14. The fourth-order valence-electron chi connectivity index (χ4n) is 3.14.